The number of hydrogen-bond acceptors (Lipinski definition) is 4. The second-order valence-corrected chi connectivity index (χ2v) is 3.31. The van der Waals surface area contributed by atoms with Crippen molar-refractivity contribution in [1.82, 2.24) is 9.97 Å². The minimum absolute atomic E-state index is 0.646. The van der Waals surface area contributed by atoms with Crippen LogP contribution in [0.15, 0.2) is 30.0 Å². The lowest BCUT2D eigenvalue weighted by Gasteiger charge is -1.94. The Bertz CT molecular complexity index is 411. The summed E-state index contributed by atoms with van der Waals surface area (Å²) in [6.07, 6.45) is 4.21. The van der Waals surface area contributed by atoms with Crippen molar-refractivity contribution >= 4 is 17.6 Å². The molecule has 0 atom stereocenters. The number of aromatic nitrogens is 2. The minimum Gasteiger partial charge on any atom is -0.297 e. The summed E-state index contributed by atoms with van der Waals surface area (Å²) in [6.45, 7) is 0. The van der Waals surface area contributed by atoms with Crippen LogP contribution in [0, 0.1) is 0 Å². The fourth-order valence-corrected chi connectivity index (χ4v) is 1.67. The maximum atomic E-state index is 10.6. The van der Waals surface area contributed by atoms with Crippen LogP contribution in [-0.2, 0) is 0 Å². The first-order valence-corrected chi connectivity index (χ1v) is 4.59. The molecule has 0 N–H and O–H groups in total. The highest BCUT2D eigenvalue weighted by molar-refractivity contribution is 7.11. The van der Waals surface area contributed by atoms with Gasteiger partial charge >= 0.3 is 0 Å². The van der Waals surface area contributed by atoms with E-state index in [4.69, 9.17) is 0 Å². The molecule has 0 bridgehead atoms. The lowest BCUT2D eigenvalue weighted by Crippen LogP contribution is -1.83. The Balaban J connectivity index is 2.52. The smallest absolute Gasteiger partial charge is 0.162 e. The number of nitrogens with zero attached hydrogens (tertiary/aromatic N) is 2. The predicted molar refractivity (Wildman–Crippen MR) is 50.7 cm³/mol. The van der Waals surface area contributed by atoms with Crippen molar-refractivity contribution in [2.24, 2.45) is 0 Å². The van der Waals surface area contributed by atoms with Crippen LogP contribution in [0.1, 0.15) is 9.67 Å². The molecule has 0 fully saturated rings. The Hall–Kier alpha value is -1.55. The van der Waals surface area contributed by atoms with E-state index in [1.807, 2.05) is 12.1 Å². The van der Waals surface area contributed by atoms with Gasteiger partial charge in [0.1, 0.15) is 0 Å². The standard InChI is InChI=1S/C9H6N2OS/c12-5-8-9(11-6-13-8)7-2-1-3-10-4-7/h1-6H. The van der Waals surface area contributed by atoms with Crippen molar-refractivity contribution in [2.75, 3.05) is 0 Å². The van der Waals surface area contributed by atoms with E-state index in [1.165, 1.54) is 11.3 Å². The van der Waals surface area contributed by atoms with Gasteiger partial charge in [0.2, 0.25) is 0 Å². The molecular weight excluding hydrogens is 184 g/mol. The molecule has 4 heteroatoms. The molecule has 2 aromatic heterocycles. The van der Waals surface area contributed by atoms with Crippen molar-refractivity contribution < 1.29 is 4.79 Å². The van der Waals surface area contributed by atoms with Crippen LogP contribution in [0.25, 0.3) is 11.3 Å². The van der Waals surface area contributed by atoms with Crippen LogP contribution in [0.5, 0.6) is 0 Å². The van der Waals surface area contributed by atoms with Crippen LogP contribution in [0.2, 0.25) is 0 Å². The molecule has 0 aliphatic carbocycles. The Morgan fingerprint density at radius 3 is 3.08 bits per heavy atom. The summed E-state index contributed by atoms with van der Waals surface area (Å²) in [5, 5.41) is 0. The Morgan fingerprint density at radius 1 is 1.46 bits per heavy atom. The van der Waals surface area contributed by atoms with Crippen LogP contribution < -0.4 is 0 Å². The molecule has 0 saturated carbocycles. The molecular formula is C9H6N2OS. The number of hydrogen-bond donors (Lipinski definition) is 0. The Morgan fingerprint density at radius 2 is 2.38 bits per heavy atom. The molecule has 0 radical (unpaired) electrons. The van der Waals surface area contributed by atoms with E-state index in [-0.39, 0.29) is 0 Å². The molecule has 2 heterocycles. The molecule has 2 rings (SSSR count). The third-order valence-electron chi connectivity index (χ3n) is 1.64. The molecule has 13 heavy (non-hydrogen) atoms. The van der Waals surface area contributed by atoms with Gasteiger partial charge in [-0.25, -0.2) is 4.98 Å². The van der Waals surface area contributed by atoms with Crippen molar-refractivity contribution in [3.63, 3.8) is 0 Å². The van der Waals surface area contributed by atoms with Gasteiger partial charge in [0.05, 0.1) is 16.1 Å². The van der Waals surface area contributed by atoms with Gasteiger partial charge in [0.25, 0.3) is 0 Å². The van der Waals surface area contributed by atoms with Crippen molar-refractivity contribution in [2.45, 2.75) is 0 Å². The van der Waals surface area contributed by atoms with E-state index in [0.29, 0.717) is 10.6 Å². The van der Waals surface area contributed by atoms with Gasteiger partial charge in [-0.2, -0.15) is 0 Å². The number of carbonyl (C=O) groups is 1. The molecule has 2 aromatic rings. The fraction of sp³-hybridized carbons (Fsp3) is 0. The number of carbonyl (C=O) groups excluding carboxylic acids is 1. The van der Waals surface area contributed by atoms with Gasteiger partial charge in [0, 0.05) is 18.0 Å². The van der Waals surface area contributed by atoms with E-state index >= 15 is 0 Å². The molecule has 3 nitrogen and oxygen atoms in total. The zero-order valence-electron chi connectivity index (χ0n) is 6.68. The average molecular weight is 190 g/mol. The summed E-state index contributed by atoms with van der Waals surface area (Å²) in [5.74, 6) is 0. The molecule has 0 aromatic carbocycles. The van der Waals surface area contributed by atoms with Crippen LogP contribution in [0.4, 0.5) is 0 Å². The molecule has 0 unspecified atom stereocenters. The molecule has 0 aliphatic rings. The fourth-order valence-electron chi connectivity index (χ4n) is 1.06. The predicted octanol–water partition coefficient (Wildman–Crippen LogP) is 2.02. The molecule has 0 amide bonds. The lowest BCUT2D eigenvalue weighted by atomic mass is 10.2. The number of thiazole rings is 1. The first-order chi connectivity index (χ1) is 6.42. The quantitative estimate of drug-likeness (QED) is 0.680. The van der Waals surface area contributed by atoms with Gasteiger partial charge in [-0.05, 0) is 12.1 Å². The van der Waals surface area contributed by atoms with Crippen LogP contribution in [0.3, 0.4) is 0 Å². The normalized spacial score (nSPS) is 9.85. The zero-order chi connectivity index (χ0) is 9.10. The number of pyridine rings is 1. The summed E-state index contributed by atoms with van der Waals surface area (Å²) in [5.41, 5.74) is 3.26. The number of rotatable bonds is 2. The van der Waals surface area contributed by atoms with E-state index in [0.717, 1.165) is 11.8 Å². The molecule has 0 saturated heterocycles. The SMILES string of the molecule is O=Cc1scnc1-c1cccnc1. The highest BCUT2D eigenvalue weighted by Gasteiger charge is 2.06. The third-order valence-corrected chi connectivity index (χ3v) is 2.39. The molecule has 0 spiro atoms. The maximum Gasteiger partial charge on any atom is 0.162 e. The van der Waals surface area contributed by atoms with E-state index in [9.17, 15) is 4.79 Å². The zero-order valence-corrected chi connectivity index (χ0v) is 7.49. The molecule has 0 aliphatic heterocycles. The van der Waals surface area contributed by atoms with Crippen LogP contribution in [-0.4, -0.2) is 16.3 Å². The van der Waals surface area contributed by atoms with Gasteiger partial charge in [0.15, 0.2) is 6.29 Å². The highest BCUT2D eigenvalue weighted by Crippen LogP contribution is 2.22. The van der Waals surface area contributed by atoms with Crippen molar-refractivity contribution in [1.29, 1.82) is 0 Å². The van der Waals surface area contributed by atoms with E-state index in [1.54, 1.807) is 17.9 Å². The summed E-state index contributed by atoms with van der Waals surface area (Å²) in [6, 6.07) is 3.71. The van der Waals surface area contributed by atoms with E-state index in [2.05, 4.69) is 9.97 Å². The number of aldehydes is 1. The minimum atomic E-state index is 0.646. The van der Waals surface area contributed by atoms with Gasteiger partial charge < -0.3 is 0 Å². The van der Waals surface area contributed by atoms with E-state index < -0.39 is 0 Å². The third kappa shape index (κ3) is 1.48. The maximum absolute atomic E-state index is 10.6. The second kappa shape index (κ2) is 3.45. The monoisotopic (exact) mass is 190 g/mol. The highest BCUT2D eigenvalue weighted by atomic mass is 32.1. The first kappa shape index (κ1) is 8.07. The second-order valence-electron chi connectivity index (χ2n) is 2.42. The van der Waals surface area contributed by atoms with Crippen molar-refractivity contribution in [3.05, 3.63) is 34.9 Å². The Kier molecular flexibility index (Phi) is 2.14. The van der Waals surface area contributed by atoms with Gasteiger partial charge in [-0.3, -0.25) is 9.78 Å². The molecule has 64 valence electrons. The van der Waals surface area contributed by atoms with Gasteiger partial charge in [-0.1, -0.05) is 0 Å². The average Bonchev–Trinajstić information content (AvgIpc) is 2.67. The van der Waals surface area contributed by atoms with Crippen LogP contribution >= 0.6 is 11.3 Å². The summed E-state index contributed by atoms with van der Waals surface area (Å²) >= 11 is 1.34. The Labute approximate surface area is 79.1 Å². The summed E-state index contributed by atoms with van der Waals surface area (Å²) in [4.78, 5) is 19.3. The summed E-state index contributed by atoms with van der Waals surface area (Å²) < 4.78 is 0. The van der Waals surface area contributed by atoms with Gasteiger partial charge in [-0.15, -0.1) is 11.3 Å². The summed E-state index contributed by atoms with van der Waals surface area (Å²) in [7, 11) is 0. The topological polar surface area (TPSA) is 42.9 Å². The van der Waals surface area contributed by atoms with Crippen molar-refractivity contribution in [3.8, 4) is 11.3 Å². The lowest BCUT2D eigenvalue weighted by molar-refractivity contribution is 0.112. The first-order valence-electron chi connectivity index (χ1n) is 3.71. The largest absolute Gasteiger partial charge is 0.297 e.